The largest absolute Gasteiger partial charge is 0.325 e. The molecule has 1 fully saturated rings. The molecule has 0 spiro atoms. The zero-order valence-electron chi connectivity index (χ0n) is 16.5. The van der Waals surface area contributed by atoms with Crippen molar-refractivity contribution in [2.75, 3.05) is 17.7 Å². The van der Waals surface area contributed by atoms with Crippen LogP contribution < -0.4 is 10.6 Å². The van der Waals surface area contributed by atoms with E-state index < -0.39 is 0 Å². The Labute approximate surface area is 166 Å². The third-order valence-corrected chi connectivity index (χ3v) is 6.41. The van der Waals surface area contributed by atoms with Gasteiger partial charge in [-0.2, -0.15) is 0 Å². The third kappa shape index (κ3) is 5.53. The van der Waals surface area contributed by atoms with Gasteiger partial charge in [0, 0.05) is 29.3 Å². The molecular weight excluding hydrogens is 356 g/mol. The molecule has 2 N–H and O–H groups in total. The number of thiazole rings is 1. The minimum absolute atomic E-state index is 0.243. The quantitative estimate of drug-likeness (QED) is 0.672. The number of anilines is 2. The van der Waals surface area contributed by atoms with Crippen molar-refractivity contribution in [1.82, 2.24) is 9.88 Å². The first kappa shape index (κ1) is 19.8. The molecule has 0 aliphatic heterocycles. The summed E-state index contributed by atoms with van der Waals surface area (Å²) in [6, 6.07) is 8.45. The summed E-state index contributed by atoms with van der Waals surface area (Å²) in [5.74, 6) is 0.414. The number of urea groups is 1. The SMILES string of the molecule is CC(C)c1cnc(NC(=O)Nc2ccccc2CN(C)C2CCCCC2)s1. The first-order chi connectivity index (χ1) is 13.0. The summed E-state index contributed by atoms with van der Waals surface area (Å²) in [4.78, 5) is 20.3. The van der Waals surface area contributed by atoms with E-state index >= 15 is 0 Å². The van der Waals surface area contributed by atoms with E-state index in [9.17, 15) is 4.79 Å². The number of hydrogen-bond donors (Lipinski definition) is 2. The Morgan fingerprint density at radius 3 is 2.67 bits per heavy atom. The molecule has 1 saturated carbocycles. The summed E-state index contributed by atoms with van der Waals surface area (Å²) in [5.41, 5.74) is 2.00. The van der Waals surface area contributed by atoms with Crippen LogP contribution in [-0.2, 0) is 6.54 Å². The first-order valence-electron chi connectivity index (χ1n) is 9.85. The van der Waals surface area contributed by atoms with Crippen molar-refractivity contribution in [2.45, 2.75) is 64.5 Å². The first-order valence-corrected chi connectivity index (χ1v) is 10.7. The van der Waals surface area contributed by atoms with Gasteiger partial charge in [0.15, 0.2) is 5.13 Å². The third-order valence-electron chi connectivity index (χ3n) is 5.20. The molecule has 5 nitrogen and oxygen atoms in total. The van der Waals surface area contributed by atoms with E-state index in [1.54, 1.807) is 0 Å². The topological polar surface area (TPSA) is 57.3 Å². The van der Waals surface area contributed by atoms with Gasteiger partial charge in [-0.1, -0.05) is 51.3 Å². The van der Waals surface area contributed by atoms with E-state index in [0.717, 1.165) is 17.8 Å². The molecular formula is C21H30N4OS. The number of carbonyl (C=O) groups is 1. The van der Waals surface area contributed by atoms with Crippen LogP contribution in [0.15, 0.2) is 30.5 Å². The molecule has 2 aromatic rings. The van der Waals surface area contributed by atoms with Crippen LogP contribution in [0.2, 0.25) is 0 Å². The normalized spacial score (nSPS) is 15.3. The maximum atomic E-state index is 12.4. The number of amides is 2. The van der Waals surface area contributed by atoms with Gasteiger partial charge in [0.05, 0.1) is 0 Å². The minimum atomic E-state index is -0.243. The van der Waals surface area contributed by atoms with Gasteiger partial charge in [0.1, 0.15) is 0 Å². The molecule has 1 heterocycles. The molecule has 3 rings (SSSR count). The lowest BCUT2D eigenvalue weighted by molar-refractivity contribution is 0.185. The number of aromatic nitrogens is 1. The summed E-state index contributed by atoms with van der Waals surface area (Å²) in [7, 11) is 2.19. The molecule has 0 unspecified atom stereocenters. The van der Waals surface area contributed by atoms with Crippen LogP contribution in [0.25, 0.3) is 0 Å². The fourth-order valence-corrected chi connectivity index (χ4v) is 4.38. The van der Waals surface area contributed by atoms with Crippen LogP contribution in [0.4, 0.5) is 15.6 Å². The highest BCUT2D eigenvalue weighted by Gasteiger charge is 2.19. The highest BCUT2D eigenvalue weighted by Crippen LogP contribution is 2.26. The average molecular weight is 387 g/mol. The van der Waals surface area contributed by atoms with Gasteiger partial charge >= 0.3 is 6.03 Å². The average Bonchev–Trinajstić information content (AvgIpc) is 3.12. The highest BCUT2D eigenvalue weighted by molar-refractivity contribution is 7.15. The second-order valence-electron chi connectivity index (χ2n) is 7.67. The lowest BCUT2D eigenvalue weighted by atomic mass is 9.94. The molecule has 1 aromatic carbocycles. The van der Waals surface area contributed by atoms with E-state index in [1.165, 1.54) is 48.3 Å². The minimum Gasteiger partial charge on any atom is -0.307 e. The van der Waals surface area contributed by atoms with Crippen molar-refractivity contribution >= 4 is 28.2 Å². The van der Waals surface area contributed by atoms with E-state index in [4.69, 9.17) is 0 Å². The van der Waals surface area contributed by atoms with Crippen molar-refractivity contribution < 1.29 is 4.79 Å². The predicted molar refractivity (Wildman–Crippen MR) is 114 cm³/mol. The van der Waals surface area contributed by atoms with Crippen LogP contribution in [-0.4, -0.2) is 29.0 Å². The summed E-state index contributed by atoms with van der Waals surface area (Å²) in [6.45, 7) is 5.09. The summed E-state index contributed by atoms with van der Waals surface area (Å²) in [5, 5.41) is 6.48. The standard InChI is InChI=1S/C21H30N4OS/c1-15(2)19-13-22-21(27-19)24-20(26)23-18-12-8-7-9-16(18)14-25(3)17-10-5-4-6-11-17/h7-9,12-13,15,17H,4-6,10-11,14H2,1-3H3,(H2,22,23,24,26). The zero-order valence-corrected chi connectivity index (χ0v) is 17.3. The number of carbonyl (C=O) groups excluding carboxylic acids is 1. The Morgan fingerprint density at radius 2 is 1.96 bits per heavy atom. The van der Waals surface area contributed by atoms with Crippen molar-refractivity contribution in [3.63, 3.8) is 0 Å². The van der Waals surface area contributed by atoms with E-state index in [2.05, 4.69) is 47.5 Å². The second-order valence-corrected chi connectivity index (χ2v) is 8.73. The lowest BCUT2D eigenvalue weighted by Gasteiger charge is -2.31. The number of rotatable bonds is 6. The molecule has 6 heteroatoms. The van der Waals surface area contributed by atoms with Gasteiger partial charge in [0.2, 0.25) is 0 Å². The predicted octanol–water partition coefficient (Wildman–Crippen LogP) is 5.68. The summed E-state index contributed by atoms with van der Waals surface area (Å²) >= 11 is 1.52. The maximum Gasteiger partial charge on any atom is 0.325 e. The van der Waals surface area contributed by atoms with Gasteiger partial charge in [-0.3, -0.25) is 10.2 Å². The van der Waals surface area contributed by atoms with Gasteiger partial charge in [0.25, 0.3) is 0 Å². The summed E-state index contributed by atoms with van der Waals surface area (Å²) in [6.07, 6.45) is 8.38. The number of benzene rings is 1. The molecule has 0 saturated heterocycles. The van der Waals surface area contributed by atoms with Crippen LogP contribution >= 0.6 is 11.3 Å². The van der Waals surface area contributed by atoms with E-state index in [1.807, 2.05) is 24.4 Å². The van der Waals surface area contributed by atoms with Crippen LogP contribution in [0.1, 0.15) is 62.3 Å². The lowest BCUT2D eigenvalue weighted by Crippen LogP contribution is -2.33. The van der Waals surface area contributed by atoms with Crippen molar-refractivity contribution in [3.8, 4) is 0 Å². The number of hydrogen-bond acceptors (Lipinski definition) is 4. The zero-order chi connectivity index (χ0) is 19.2. The Morgan fingerprint density at radius 1 is 1.22 bits per heavy atom. The van der Waals surface area contributed by atoms with Gasteiger partial charge in [-0.25, -0.2) is 9.78 Å². The van der Waals surface area contributed by atoms with Gasteiger partial charge < -0.3 is 5.32 Å². The number of para-hydroxylation sites is 1. The highest BCUT2D eigenvalue weighted by atomic mass is 32.1. The fourth-order valence-electron chi connectivity index (χ4n) is 3.56. The molecule has 1 aliphatic rings. The molecule has 146 valence electrons. The molecule has 0 radical (unpaired) electrons. The summed E-state index contributed by atoms with van der Waals surface area (Å²) < 4.78 is 0. The van der Waals surface area contributed by atoms with Crippen LogP contribution in [0, 0.1) is 0 Å². The Balaban J connectivity index is 1.61. The molecule has 2 amide bonds. The maximum absolute atomic E-state index is 12.4. The molecule has 1 aliphatic carbocycles. The van der Waals surface area contributed by atoms with Crippen molar-refractivity contribution in [2.24, 2.45) is 0 Å². The molecule has 1 aromatic heterocycles. The molecule has 0 atom stereocenters. The Hall–Kier alpha value is -1.92. The van der Waals surface area contributed by atoms with E-state index in [-0.39, 0.29) is 6.03 Å². The smallest absolute Gasteiger partial charge is 0.307 e. The van der Waals surface area contributed by atoms with Gasteiger partial charge in [-0.05, 0) is 37.4 Å². The van der Waals surface area contributed by atoms with E-state index in [0.29, 0.717) is 17.1 Å². The molecule has 27 heavy (non-hydrogen) atoms. The number of nitrogens with one attached hydrogen (secondary N) is 2. The Kier molecular flexibility index (Phi) is 6.85. The van der Waals surface area contributed by atoms with Crippen molar-refractivity contribution in [1.29, 1.82) is 0 Å². The van der Waals surface area contributed by atoms with Crippen molar-refractivity contribution in [3.05, 3.63) is 40.9 Å². The number of nitrogens with zero attached hydrogens (tertiary/aromatic N) is 2. The Bertz CT molecular complexity index is 752. The van der Waals surface area contributed by atoms with Crippen LogP contribution in [0.3, 0.4) is 0 Å². The van der Waals surface area contributed by atoms with Crippen LogP contribution in [0.5, 0.6) is 0 Å². The fraction of sp³-hybridized carbons (Fsp3) is 0.524. The van der Waals surface area contributed by atoms with Gasteiger partial charge in [-0.15, -0.1) is 11.3 Å². The monoisotopic (exact) mass is 386 g/mol. The second kappa shape index (κ2) is 9.33. The molecule has 0 bridgehead atoms.